The van der Waals surface area contributed by atoms with Crippen molar-refractivity contribution < 1.29 is 22.0 Å². The third kappa shape index (κ3) is 5.39. The Morgan fingerprint density at radius 2 is 1.55 bits per heavy atom. The number of halogens is 2. The van der Waals surface area contributed by atoms with Crippen LogP contribution in [0.4, 0.5) is 8.78 Å². The minimum absolute atomic E-state index is 0.0762. The fourth-order valence-electron chi connectivity index (χ4n) is 2.42. The maximum atomic E-state index is 13.7. The highest BCUT2D eigenvalue weighted by atomic mass is 32.2. The number of carbonyl (C=O) groups is 1. The van der Waals surface area contributed by atoms with E-state index >= 15 is 0 Å². The molecule has 0 spiro atoms. The predicted molar refractivity (Wildman–Crippen MR) is 100 cm³/mol. The first-order chi connectivity index (χ1) is 13.8. The molecule has 0 atom stereocenters. The molecule has 1 heterocycles. The first-order valence-electron chi connectivity index (χ1n) is 8.41. The van der Waals surface area contributed by atoms with Crippen molar-refractivity contribution in [1.29, 1.82) is 0 Å². The van der Waals surface area contributed by atoms with Crippen molar-refractivity contribution >= 4 is 15.9 Å². The van der Waals surface area contributed by atoms with Crippen LogP contribution in [-0.4, -0.2) is 24.3 Å². The van der Waals surface area contributed by atoms with Crippen molar-refractivity contribution in [3.63, 3.8) is 0 Å². The highest BCUT2D eigenvalue weighted by molar-refractivity contribution is 7.89. The SMILES string of the molecule is O=C(NCc1ccc(CNS(=O)(=O)c2ccc(F)cc2F)cc1)c1cncnc1. The number of nitrogens with zero attached hydrogens (tertiary/aromatic N) is 2. The maximum Gasteiger partial charge on any atom is 0.254 e. The van der Waals surface area contributed by atoms with Crippen molar-refractivity contribution in [2.75, 3.05) is 0 Å². The highest BCUT2D eigenvalue weighted by Crippen LogP contribution is 2.16. The van der Waals surface area contributed by atoms with Gasteiger partial charge in [-0.3, -0.25) is 4.79 Å². The number of rotatable bonds is 7. The van der Waals surface area contributed by atoms with Gasteiger partial charge in [0, 0.05) is 31.5 Å². The second kappa shape index (κ2) is 8.84. The van der Waals surface area contributed by atoms with Crippen molar-refractivity contribution in [2.45, 2.75) is 18.0 Å². The van der Waals surface area contributed by atoms with Crippen molar-refractivity contribution in [2.24, 2.45) is 0 Å². The molecule has 1 amide bonds. The highest BCUT2D eigenvalue weighted by Gasteiger charge is 2.19. The van der Waals surface area contributed by atoms with Crippen molar-refractivity contribution in [1.82, 2.24) is 20.0 Å². The summed E-state index contributed by atoms with van der Waals surface area (Å²) < 4.78 is 53.3. The average molecular weight is 418 g/mol. The summed E-state index contributed by atoms with van der Waals surface area (Å²) in [7, 11) is -4.13. The Hall–Kier alpha value is -3.24. The number of benzene rings is 2. The van der Waals surface area contributed by atoms with E-state index in [4.69, 9.17) is 0 Å². The first kappa shape index (κ1) is 20.5. The molecule has 0 saturated heterocycles. The Bertz CT molecular complexity index is 1110. The monoisotopic (exact) mass is 418 g/mol. The number of nitrogens with one attached hydrogen (secondary N) is 2. The maximum absolute atomic E-state index is 13.7. The van der Waals surface area contributed by atoms with Gasteiger partial charge in [-0.15, -0.1) is 0 Å². The molecule has 0 fully saturated rings. The topological polar surface area (TPSA) is 101 Å². The lowest BCUT2D eigenvalue weighted by Crippen LogP contribution is -2.24. The number of aromatic nitrogens is 2. The van der Waals surface area contributed by atoms with E-state index in [2.05, 4.69) is 20.0 Å². The molecule has 2 aromatic carbocycles. The molecule has 29 heavy (non-hydrogen) atoms. The molecular formula is C19H16F2N4O3S. The van der Waals surface area contributed by atoms with Gasteiger partial charge < -0.3 is 5.32 Å². The van der Waals surface area contributed by atoms with Gasteiger partial charge >= 0.3 is 0 Å². The summed E-state index contributed by atoms with van der Waals surface area (Å²) in [5.41, 5.74) is 1.76. The summed E-state index contributed by atoms with van der Waals surface area (Å²) in [4.78, 5) is 18.9. The standard InChI is InChI=1S/C19H16F2N4O3S/c20-16-5-6-18(17(21)7-16)29(27,28)25-9-14-3-1-13(2-4-14)8-24-19(26)15-10-22-12-23-11-15/h1-7,10-12,25H,8-9H2,(H,24,26). The van der Waals surface area contributed by atoms with Crippen LogP contribution in [0.25, 0.3) is 0 Å². The van der Waals surface area contributed by atoms with Crippen LogP contribution in [0.15, 0.2) is 66.1 Å². The molecule has 1 aromatic heterocycles. The summed E-state index contributed by atoms with van der Waals surface area (Å²) in [6.07, 6.45) is 4.14. The molecule has 0 bridgehead atoms. The van der Waals surface area contributed by atoms with Crippen molar-refractivity contribution in [3.05, 3.63) is 89.5 Å². The summed E-state index contributed by atoms with van der Waals surface area (Å²) in [6, 6.07) is 9.07. The van der Waals surface area contributed by atoms with Gasteiger partial charge in [-0.2, -0.15) is 0 Å². The molecule has 10 heteroatoms. The summed E-state index contributed by atoms with van der Waals surface area (Å²) in [6.45, 7) is 0.188. The van der Waals surface area contributed by atoms with Crippen LogP contribution in [-0.2, 0) is 23.1 Å². The van der Waals surface area contributed by atoms with Crippen LogP contribution in [0.1, 0.15) is 21.5 Å². The third-order valence-electron chi connectivity index (χ3n) is 3.95. The number of sulfonamides is 1. The molecule has 0 aliphatic heterocycles. The summed E-state index contributed by atoms with van der Waals surface area (Å²) >= 11 is 0. The number of carbonyl (C=O) groups excluding carboxylic acids is 1. The Balaban J connectivity index is 1.57. The zero-order valence-electron chi connectivity index (χ0n) is 15.0. The fraction of sp³-hybridized carbons (Fsp3) is 0.105. The van der Waals surface area contributed by atoms with E-state index in [0.717, 1.165) is 17.7 Å². The largest absolute Gasteiger partial charge is 0.348 e. The molecule has 0 saturated carbocycles. The lowest BCUT2D eigenvalue weighted by Gasteiger charge is -2.09. The van der Waals surface area contributed by atoms with E-state index in [1.54, 1.807) is 24.3 Å². The Kier molecular flexibility index (Phi) is 6.25. The van der Waals surface area contributed by atoms with E-state index in [9.17, 15) is 22.0 Å². The summed E-state index contributed by atoms with van der Waals surface area (Å²) in [5.74, 6) is -2.33. The van der Waals surface area contributed by atoms with Crippen LogP contribution in [0.2, 0.25) is 0 Å². The second-order valence-corrected chi connectivity index (χ2v) is 7.76. The number of hydrogen-bond acceptors (Lipinski definition) is 5. The van der Waals surface area contributed by atoms with E-state index < -0.39 is 26.6 Å². The Morgan fingerprint density at radius 3 is 2.17 bits per heavy atom. The number of amides is 1. The normalized spacial score (nSPS) is 11.2. The predicted octanol–water partition coefficient (Wildman–Crippen LogP) is 2.16. The minimum atomic E-state index is -4.13. The Morgan fingerprint density at radius 1 is 0.931 bits per heavy atom. The molecule has 7 nitrogen and oxygen atoms in total. The zero-order chi connectivity index (χ0) is 20.9. The zero-order valence-corrected chi connectivity index (χ0v) is 15.8. The van der Waals surface area contributed by atoms with Gasteiger partial charge in [-0.25, -0.2) is 31.9 Å². The van der Waals surface area contributed by atoms with E-state index in [1.165, 1.54) is 18.7 Å². The van der Waals surface area contributed by atoms with Crippen LogP contribution in [0.3, 0.4) is 0 Å². The van der Waals surface area contributed by atoms with Gasteiger partial charge in [-0.1, -0.05) is 24.3 Å². The summed E-state index contributed by atoms with van der Waals surface area (Å²) in [5, 5.41) is 2.72. The number of hydrogen-bond donors (Lipinski definition) is 2. The molecule has 2 N–H and O–H groups in total. The quantitative estimate of drug-likeness (QED) is 0.612. The van der Waals surface area contributed by atoms with Crippen LogP contribution >= 0.6 is 0 Å². The van der Waals surface area contributed by atoms with Gasteiger partial charge in [0.2, 0.25) is 10.0 Å². The third-order valence-corrected chi connectivity index (χ3v) is 5.38. The van der Waals surface area contributed by atoms with Gasteiger partial charge in [0.05, 0.1) is 5.56 Å². The molecule has 0 radical (unpaired) electrons. The van der Waals surface area contributed by atoms with E-state index in [1.807, 2.05) is 0 Å². The lowest BCUT2D eigenvalue weighted by atomic mass is 10.1. The van der Waals surface area contributed by atoms with E-state index in [-0.39, 0.29) is 19.0 Å². The van der Waals surface area contributed by atoms with Crippen LogP contribution < -0.4 is 10.0 Å². The Labute approximate surface area is 165 Å². The first-order valence-corrected chi connectivity index (χ1v) is 9.89. The molecule has 0 unspecified atom stereocenters. The average Bonchev–Trinajstić information content (AvgIpc) is 2.71. The molecule has 3 rings (SSSR count). The van der Waals surface area contributed by atoms with Crippen molar-refractivity contribution in [3.8, 4) is 0 Å². The minimum Gasteiger partial charge on any atom is -0.348 e. The fourth-order valence-corrected chi connectivity index (χ4v) is 3.50. The smallest absolute Gasteiger partial charge is 0.254 e. The van der Waals surface area contributed by atoms with Gasteiger partial charge in [-0.05, 0) is 23.3 Å². The lowest BCUT2D eigenvalue weighted by molar-refractivity contribution is 0.0950. The van der Waals surface area contributed by atoms with Crippen LogP contribution in [0.5, 0.6) is 0 Å². The van der Waals surface area contributed by atoms with Crippen LogP contribution in [0, 0.1) is 11.6 Å². The second-order valence-electron chi connectivity index (χ2n) is 6.03. The van der Waals surface area contributed by atoms with Gasteiger partial charge in [0.1, 0.15) is 22.9 Å². The molecule has 0 aliphatic carbocycles. The molecule has 150 valence electrons. The molecular weight excluding hydrogens is 402 g/mol. The molecule has 0 aliphatic rings. The van der Waals surface area contributed by atoms with E-state index in [0.29, 0.717) is 17.2 Å². The van der Waals surface area contributed by atoms with Gasteiger partial charge in [0.25, 0.3) is 5.91 Å². The van der Waals surface area contributed by atoms with Gasteiger partial charge in [0.15, 0.2) is 0 Å². The molecule has 3 aromatic rings.